The normalized spacial score (nSPS) is 8.58. The summed E-state index contributed by atoms with van der Waals surface area (Å²) in [6, 6.07) is 4.16. The van der Waals surface area contributed by atoms with Gasteiger partial charge < -0.3 is 5.32 Å². The van der Waals surface area contributed by atoms with Crippen LogP contribution in [0.4, 0.5) is 0 Å². The molecule has 1 aromatic rings. The molecule has 0 saturated heterocycles. The van der Waals surface area contributed by atoms with E-state index in [0.717, 1.165) is 0 Å². The van der Waals surface area contributed by atoms with Crippen molar-refractivity contribution in [2.24, 2.45) is 0 Å². The summed E-state index contributed by atoms with van der Waals surface area (Å²) in [5.41, 5.74) is 0. The first kappa shape index (κ1) is 11.3. The number of aryl methyl sites for hydroxylation is 1. The number of rotatable bonds is 2. The molecule has 0 aliphatic rings. The van der Waals surface area contributed by atoms with Gasteiger partial charge in [0.2, 0.25) is 0 Å². The second-order valence-electron chi connectivity index (χ2n) is 2.46. The Morgan fingerprint density at radius 3 is 2.42 bits per heavy atom. The number of thiophene rings is 1. The Balaban J connectivity index is 0.000000202. The van der Waals surface area contributed by atoms with Gasteiger partial charge in [0.15, 0.2) is 0 Å². The smallest absolute Gasteiger partial charge is 0.143 e. The van der Waals surface area contributed by atoms with Crippen LogP contribution in [0.1, 0.15) is 11.8 Å². The maximum Gasteiger partial charge on any atom is 0.143 e. The second-order valence-corrected chi connectivity index (χ2v) is 3.61. The molecule has 0 aliphatic carbocycles. The van der Waals surface area contributed by atoms with E-state index in [-0.39, 0.29) is 5.78 Å². The standard InChI is InChI=1S/C5H6S.C4H9NO/c1-5-3-2-4-6-5;1-4(6)3-5-2/h2-4H,1H3;5H,3H2,1-2H3. The lowest BCUT2D eigenvalue weighted by molar-refractivity contribution is -0.116. The van der Waals surface area contributed by atoms with Gasteiger partial charge in [-0.1, -0.05) is 6.07 Å². The van der Waals surface area contributed by atoms with Crippen molar-refractivity contribution in [2.75, 3.05) is 13.6 Å². The van der Waals surface area contributed by atoms with Crippen LogP contribution in [-0.4, -0.2) is 19.4 Å². The molecule has 0 atom stereocenters. The molecule has 3 heteroatoms. The van der Waals surface area contributed by atoms with E-state index in [9.17, 15) is 4.79 Å². The largest absolute Gasteiger partial charge is 0.313 e. The zero-order chi connectivity index (χ0) is 9.40. The van der Waals surface area contributed by atoms with E-state index < -0.39 is 0 Å². The lowest BCUT2D eigenvalue weighted by atomic mass is 10.5. The molecule has 0 radical (unpaired) electrons. The maximum absolute atomic E-state index is 9.98. The topological polar surface area (TPSA) is 29.1 Å². The number of hydrogen-bond acceptors (Lipinski definition) is 3. The van der Waals surface area contributed by atoms with E-state index in [1.807, 2.05) is 0 Å². The molecule has 1 rings (SSSR count). The van der Waals surface area contributed by atoms with Gasteiger partial charge in [-0.05, 0) is 32.3 Å². The van der Waals surface area contributed by atoms with Crippen LogP contribution in [0.2, 0.25) is 0 Å². The molecule has 0 amide bonds. The molecule has 12 heavy (non-hydrogen) atoms. The van der Waals surface area contributed by atoms with Gasteiger partial charge in [0.05, 0.1) is 6.54 Å². The number of nitrogens with one attached hydrogen (secondary N) is 1. The SMILES string of the molecule is CNCC(C)=O.Cc1cccs1. The van der Waals surface area contributed by atoms with Gasteiger partial charge in [-0.25, -0.2) is 0 Å². The molecule has 68 valence electrons. The fourth-order valence-electron chi connectivity index (χ4n) is 0.610. The number of likely N-dealkylation sites (N-methyl/N-ethyl adjacent to an activating group) is 1. The van der Waals surface area contributed by atoms with Gasteiger partial charge in [-0.3, -0.25) is 4.79 Å². The average molecular weight is 185 g/mol. The Hall–Kier alpha value is -0.670. The predicted octanol–water partition coefficient (Wildman–Crippen LogP) is 1.85. The zero-order valence-electron chi connectivity index (χ0n) is 7.76. The molecule has 0 fully saturated rings. The quantitative estimate of drug-likeness (QED) is 0.762. The van der Waals surface area contributed by atoms with E-state index in [1.54, 1.807) is 25.3 Å². The number of hydrogen-bond donors (Lipinski definition) is 1. The molecule has 1 N–H and O–H groups in total. The molecule has 0 unspecified atom stereocenters. The van der Waals surface area contributed by atoms with Crippen molar-refractivity contribution < 1.29 is 4.79 Å². The fourth-order valence-corrected chi connectivity index (χ4v) is 1.14. The van der Waals surface area contributed by atoms with Crippen LogP contribution in [0, 0.1) is 6.92 Å². The van der Waals surface area contributed by atoms with E-state index in [2.05, 4.69) is 29.8 Å². The summed E-state index contributed by atoms with van der Waals surface area (Å²) >= 11 is 1.78. The van der Waals surface area contributed by atoms with Crippen LogP contribution in [0.5, 0.6) is 0 Å². The monoisotopic (exact) mass is 185 g/mol. The van der Waals surface area contributed by atoms with Gasteiger partial charge in [-0.2, -0.15) is 0 Å². The Morgan fingerprint density at radius 1 is 1.67 bits per heavy atom. The fraction of sp³-hybridized carbons (Fsp3) is 0.444. The third-order valence-electron chi connectivity index (χ3n) is 1.09. The number of ketones is 1. The lowest BCUT2D eigenvalue weighted by Crippen LogP contribution is -2.14. The molecule has 1 aromatic heterocycles. The van der Waals surface area contributed by atoms with E-state index in [4.69, 9.17) is 0 Å². The van der Waals surface area contributed by atoms with Crippen LogP contribution < -0.4 is 5.32 Å². The molecular weight excluding hydrogens is 170 g/mol. The van der Waals surface area contributed by atoms with Crippen LogP contribution in [0.25, 0.3) is 0 Å². The molecule has 1 heterocycles. The Morgan fingerprint density at radius 2 is 2.33 bits per heavy atom. The summed E-state index contributed by atoms with van der Waals surface area (Å²) in [5, 5.41) is 4.80. The number of carbonyl (C=O) groups is 1. The van der Waals surface area contributed by atoms with E-state index >= 15 is 0 Å². The molecule has 2 nitrogen and oxygen atoms in total. The van der Waals surface area contributed by atoms with Crippen molar-refractivity contribution in [3.63, 3.8) is 0 Å². The van der Waals surface area contributed by atoms with E-state index in [1.165, 1.54) is 4.88 Å². The van der Waals surface area contributed by atoms with Gasteiger partial charge in [-0.15, -0.1) is 11.3 Å². The van der Waals surface area contributed by atoms with Crippen molar-refractivity contribution in [3.05, 3.63) is 22.4 Å². The van der Waals surface area contributed by atoms with Crippen molar-refractivity contribution in [3.8, 4) is 0 Å². The third kappa shape index (κ3) is 7.44. The molecule has 0 aromatic carbocycles. The summed E-state index contributed by atoms with van der Waals surface area (Å²) in [4.78, 5) is 11.4. The highest BCUT2D eigenvalue weighted by Gasteiger charge is 1.82. The van der Waals surface area contributed by atoms with Crippen LogP contribution in [0.3, 0.4) is 0 Å². The van der Waals surface area contributed by atoms with Gasteiger partial charge in [0.1, 0.15) is 5.78 Å². The summed E-state index contributed by atoms with van der Waals surface area (Å²) < 4.78 is 0. The predicted molar refractivity (Wildman–Crippen MR) is 53.7 cm³/mol. The zero-order valence-corrected chi connectivity index (χ0v) is 8.57. The number of Topliss-reactive ketones (excluding diaryl/α,β-unsaturated/α-hetero) is 1. The minimum absolute atomic E-state index is 0.178. The lowest BCUT2D eigenvalue weighted by Gasteiger charge is -1.85. The molecular formula is C9H15NOS. The first-order valence-corrected chi connectivity index (χ1v) is 4.69. The summed E-state index contributed by atoms with van der Waals surface area (Å²) in [5.74, 6) is 0.178. The van der Waals surface area contributed by atoms with Crippen molar-refractivity contribution >= 4 is 17.1 Å². The Bertz CT molecular complexity index is 206. The highest BCUT2D eigenvalue weighted by molar-refractivity contribution is 7.09. The molecule has 0 saturated carbocycles. The summed E-state index contributed by atoms with van der Waals surface area (Å²) in [7, 11) is 1.75. The average Bonchev–Trinajstić information content (AvgIpc) is 2.40. The van der Waals surface area contributed by atoms with Crippen LogP contribution >= 0.6 is 11.3 Å². The van der Waals surface area contributed by atoms with Crippen LogP contribution in [-0.2, 0) is 4.79 Å². The maximum atomic E-state index is 9.98. The van der Waals surface area contributed by atoms with Crippen molar-refractivity contribution in [1.29, 1.82) is 0 Å². The molecule has 0 bridgehead atoms. The van der Waals surface area contributed by atoms with Crippen LogP contribution in [0.15, 0.2) is 17.5 Å². The Labute approximate surface area is 77.6 Å². The van der Waals surface area contributed by atoms with Gasteiger partial charge >= 0.3 is 0 Å². The van der Waals surface area contributed by atoms with Gasteiger partial charge in [0.25, 0.3) is 0 Å². The first-order valence-electron chi connectivity index (χ1n) is 3.81. The third-order valence-corrected chi connectivity index (χ3v) is 1.89. The van der Waals surface area contributed by atoms with Gasteiger partial charge in [0, 0.05) is 4.88 Å². The number of carbonyl (C=O) groups excluding carboxylic acids is 1. The minimum atomic E-state index is 0.178. The molecule has 0 aliphatic heterocycles. The Kier molecular flexibility index (Phi) is 6.61. The summed E-state index contributed by atoms with van der Waals surface area (Å²) in [6.45, 7) is 4.14. The van der Waals surface area contributed by atoms with E-state index in [0.29, 0.717) is 6.54 Å². The summed E-state index contributed by atoms with van der Waals surface area (Å²) in [6.07, 6.45) is 0. The van der Waals surface area contributed by atoms with Crippen molar-refractivity contribution in [1.82, 2.24) is 5.32 Å². The second kappa shape index (κ2) is 7.00. The minimum Gasteiger partial charge on any atom is -0.313 e. The van der Waals surface area contributed by atoms with Crippen molar-refractivity contribution in [2.45, 2.75) is 13.8 Å². The molecule has 0 spiro atoms. The highest BCUT2D eigenvalue weighted by atomic mass is 32.1. The first-order chi connectivity index (χ1) is 5.66. The highest BCUT2D eigenvalue weighted by Crippen LogP contribution is 2.03.